The molecule has 1 aromatic rings. The van der Waals surface area contributed by atoms with Gasteiger partial charge in [0.1, 0.15) is 0 Å². The summed E-state index contributed by atoms with van der Waals surface area (Å²) in [6.07, 6.45) is 0.633. The second kappa shape index (κ2) is 6.56. The standard InChI is InChI=1S/C15H20N2O5S/c18-15(19)14-4-2-1-3-13(14)12-5-6-17(11-12)23(20,21)16-7-9-22-10-8-16/h1-4,12H,5-11H2,(H,18,19)/t12-/m0/s1. The molecule has 126 valence electrons. The van der Waals surface area contributed by atoms with Crippen LogP contribution < -0.4 is 0 Å². The molecule has 2 saturated heterocycles. The van der Waals surface area contributed by atoms with Crippen LogP contribution in [0.1, 0.15) is 28.3 Å². The highest BCUT2D eigenvalue weighted by atomic mass is 32.2. The Balaban J connectivity index is 1.77. The molecule has 2 fully saturated rings. The van der Waals surface area contributed by atoms with Crippen molar-refractivity contribution in [3.8, 4) is 0 Å². The molecule has 1 N–H and O–H groups in total. The van der Waals surface area contributed by atoms with E-state index in [0.717, 1.165) is 0 Å². The van der Waals surface area contributed by atoms with Crippen LogP contribution in [0.15, 0.2) is 24.3 Å². The smallest absolute Gasteiger partial charge is 0.335 e. The summed E-state index contributed by atoms with van der Waals surface area (Å²) in [7, 11) is -3.50. The Morgan fingerprint density at radius 1 is 1.13 bits per heavy atom. The van der Waals surface area contributed by atoms with E-state index in [0.29, 0.717) is 51.4 Å². The lowest BCUT2D eigenvalue weighted by Crippen LogP contribution is -2.47. The van der Waals surface area contributed by atoms with Crippen molar-refractivity contribution in [2.24, 2.45) is 0 Å². The van der Waals surface area contributed by atoms with E-state index in [2.05, 4.69) is 0 Å². The van der Waals surface area contributed by atoms with E-state index in [1.165, 1.54) is 8.61 Å². The van der Waals surface area contributed by atoms with Crippen LogP contribution in [0.2, 0.25) is 0 Å². The highest BCUT2D eigenvalue weighted by Crippen LogP contribution is 2.32. The number of morpholine rings is 1. The number of nitrogens with zero attached hydrogens (tertiary/aromatic N) is 2. The van der Waals surface area contributed by atoms with Crippen LogP contribution in [0, 0.1) is 0 Å². The van der Waals surface area contributed by atoms with Crippen LogP contribution in [0.5, 0.6) is 0 Å². The number of benzene rings is 1. The van der Waals surface area contributed by atoms with Gasteiger partial charge in [-0.1, -0.05) is 18.2 Å². The summed E-state index contributed by atoms with van der Waals surface area (Å²) in [4.78, 5) is 11.4. The Bertz CT molecular complexity index is 685. The second-order valence-electron chi connectivity index (χ2n) is 5.76. The molecule has 1 atom stereocenters. The topological polar surface area (TPSA) is 87.2 Å². The summed E-state index contributed by atoms with van der Waals surface area (Å²) in [6, 6.07) is 6.82. The first-order valence-corrected chi connectivity index (χ1v) is 9.05. The van der Waals surface area contributed by atoms with E-state index < -0.39 is 16.2 Å². The summed E-state index contributed by atoms with van der Waals surface area (Å²) in [5.74, 6) is -1.06. The molecular weight excluding hydrogens is 320 g/mol. The first-order chi connectivity index (χ1) is 11.0. The highest BCUT2D eigenvalue weighted by Gasteiger charge is 2.37. The van der Waals surface area contributed by atoms with Gasteiger partial charge in [0, 0.05) is 26.2 Å². The van der Waals surface area contributed by atoms with E-state index in [9.17, 15) is 18.3 Å². The van der Waals surface area contributed by atoms with Crippen molar-refractivity contribution >= 4 is 16.2 Å². The minimum absolute atomic E-state index is 0.0851. The van der Waals surface area contributed by atoms with Crippen LogP contribution >= 0.6 is 0 Å². The number of carboxylic acids is 1. The lowest BCUT2D eigenvalue weighted by Gasteiger charge is -2.30. The fraction of sp³-hybridized carbons (Fsp3) is 0.533. The Morgan fingerprint density at radius 3 is 2.52 bits per heavy atom. The summed E-state index contributed by atoms with van der Waals surface area (Å²) in [6.45, 7) is 2.31. The quantitative estimate of drug-likeness (QED) is 0.874. The SMILES string of the molecule is O=C(O)c1ccccc1[C@H]1CCN(S(=O)(=O)N2CCOCC2)C1. The Morgan fingerprint density at radius 2 is 1.83 bits per heavy atom. The van der Waals surface area contributed by atoms with Crippen molar-refractivity contribution in [1.82, 2.24) is 8.61 Å². The van der Waals surface area contributed by atoms with Crippen LogP contribution in [0.3, 0.4) is 0 Å². The van der Waals surface area contributed by atoms with Crippen molar-refractivity contribution in [3.05, 3.63) is 35.4 Å². The number of hydrogen-bond donors (Lipinski definition) is 1. The minimum atomic E-state index is -3.50. The van der Waals surface area contributed by atoms with Crippen molar-refractivity contribution < 1.29 is 23.1 Å². The fourth-order valence-corrected chi connectivity index (χ4v) is 4.82. The average molecular weight is 340 g/mol. The van der Waals surface area contributed by atoms with Crippen LogP contribution in [-0.4, -0.2) is 67.5 Å². The van der Waals surface area contributed by atoms with Gasteiger partial charge < -0.3 is 9.84 Å². The molecule has 0 spiro atoms. The molecule has 0 amide bonds. The van der Waals surface area contributed by atoms with Gasteiger partial charge in [0.25, 0.3) is 10.2 Å². The Labute approximate surface area is 135 Å². The molecule has 0 aliphatic carbocycles. The van der Waals surface area contributed by atoms with Gasteiger partial charge >= 0.3 is 5.97 Å². The van der Waals surface area contributed by atoms with Crippen molar-refractivity contribution in [3.63, 3.8) is 0 Å². The zero-order chi connectivity index (χ0) is 16.4. The number of carboxylic acid groups (broad SMARTS) is 1. The first-order valence-electron chi connectivity index (χ1n) is 7.65. The Hall–Kier alpha value is -1.48. The van der Waals surface area contributed by atoms with Crippen molar-refractivity contribution in [1.29, 1.82) is 0 Å². The molecular formula is C15H20N2O5S. The third kappa shape index (κ3) is 3.25. The largest absolute Gasteiger partial charge is 0.478 e. The molecule has 8 heteroatoms. The number of hydrogen-bond acceptors (Lipinski definition) is 4. The maximum atomic E-state index is 12.7. The molecule has 2 heterocycles. The zero-order valence-electron chi connectivity index (χ0n) is 12.7. The number of rotatable bonds is 4. The molecule has 7 nitrogen and oxygen atoms in total. The van der Waals surface area contributed by atoms with Gasteiger partial charge in [0.2, 0.25) is 0 Å². The van der Waals surface area contributed by atoms with E-state index in [1.54, 1.807) is 24.3 Å². The van der Waals surface area contributed by atoms with Gasteiger partial charge in [0.15, 0.2) is 0 Å². The van der Waals surface area contributed by atoms with Gasteiger partial charge in [-0.2, -0.15) is 17.0 Å². The molecule has 0 radical (unpaired) electrons. The summed E-state index contributed by atoms with van der Waals surface area (Å²) in [5, 5.41) is 9.30. The zero-order valence-corrected chi connectivity index (χ0v) is 13.5. The molecule has 0 bridgehead atoms. The molecule has 23 heavy (non-hydrogen) atoms. The van der Waals surface area contributed by atoms with Gasteiger partial charge in [-0.05, 0) is 24.0 Å². The molecule has 1 aromatic carbocycles. The lowest BCUT2D eigenvalue weighted by atomic mass is 9.93. The number of ether oxygens (including phenoxy) is 1. The summed E-state index contributed by atoms with van der Waals surface area (Å²) in [5.41, 5.74) is 0.961. The van der Waals surface area contributed by atoms with Crippen LogP contribution in [0.4, 0.5) is 0 Å². The van der Waals surface area contributed by atoms with E-state index in [4.69, 9.17) is 4.74 Å². The van der Waals surface area contributed by atoms with Gasteiger partial charge in [-0.3, -0.25) is 0 Å². The molecule has 0 saturated carbocycles. The number of aromatic carboxylic acids is 1. The van der Waals surface area contributed by atoms with Crippen LogP contribution in [-0.2, 0) is 14.9 Å². The maximum absolute atomic E-state index is 12.7. The first kappa shape index (κ1) is 16.4. The normalized spacial score (nSPS) is 23.9. The summed E-state index contributed by atoms with van der Waals surface area (Å²) >= 11 is 0. The maximum Gasteiger partial charge on any atom is 0.335 e. The molecule has 0 aromatic heterocycles. The van der Waals surface area contributed by atoms with Gasteiger partial charge in [-0.25, -0.2) is 4.79 Å². The second-order valence-corrected chi connectivity index (χ2v) is 7.68. The highest BCUT2D eigenvalue weighted by molar-refractivity contribution is 7.86. The van der Waals surface area contributed by atoms with Crippen molar-refractivity contribution in [2.45, 2.75) is 12.3 Å². The third-order valence-corrected chi connectivity index (χ3v) is 6.41. The van der Waals surface area contributed by atoms with Gasteiger partial charge in [-0.15, -0.1) is 0 Å². The predicted molar refractivity (Wildman–Crippen MR) is 83.6 cm³/mol. The Kier molecular flexibility index (Phi) is 4.67. The van der Waals surface area contributed by atoms with E-state index in [-0.39, 0.29) is 11.5 Å². The third-order valence-electron chi connectivity index (χ3n) is 4.40. The lowest BCUT2D eigenvalue weighted by molar-refractivity contribution is 0.0694. The van der Waals surface area contributed by atoms with Crippen molar-refractivity contribution in [2.75, 3.05) is 39.4 Å². The molecule has 2 aliphatic rings. The summed E-state index contributed by atoms with van der Waals surface area (Å²) < 4.78 is 33.4. The monoisotopic (exact) mass is 340 g/mol. The molecule has 0 unspecified atom stereocenters. The fourth-order valence-electron chi connectivity index (χ4n) is 3.18. The van der Waals surface area contributed by atoms with Crippen LogP contribution in [0.25, 0.3) is 0 Å². The van der Waals surface area contributed by atoms with E-state index in [1.807, 2.05) is 0 Å². The minimum Gasteiger partial charge on any atom is -0.478 e. The predicted octanol–water partition coefficient (Wildman–Crippen LogP) is 0.751. The van der Waals surface area contributed by atoms with Gasteiger partial charge in [0.05, 0.1) is 18.8 Å². The average Bonchev–Trinajstić information content (AvgIpc) is 3.06. The van der Waals surface area contributed by atoms with E-state index >= 15 is 0 Å². The molecule has 2 aliphatic heterocycles. The number of carbonyl (C=O) groups is 1. The molecule has 3 rings (SSSR count).